The second-order valence-electron chi connectivity index (χ2n) is 5.35. The first kappa shape index (κ1) is 14.5. The standard InChI is InChI=1S/C14H25N3O2/c1-11-3-4-13(19-11)14(12(2)15)17-7-5-16(6-8-17)9-10-18/h3-4,12,14,18H,5-10,15H2,1-2H3. The molecule has 5 heteroatoms. The second-order valence-corrected chi connectivity index (χ2v) is 5.35. The maximum atomic E-state index is 8.97. The minimum absolute atomic E-state index is 0.0370. The highest BCUT2D eigenvalue weighted by Crippen LogP contribution is 2.26. The molecule has 1 aliphatic rings. The largest absolute Gasteiger partial charge is 0.465 e. The number of nitrogens with zero attached hydrogens (tertiary/aromatic N) is 2. The average molecular weight is 267 g/mol. The number of β-amino-alcohol motifs (C(OH)–C–C–N with tert-alkyl or cyclic N) is 1. The Morgan fingerprint density at radius 2 is 2.00 bits per heavy atom. The van der Waals surface area contributed by atoms with Gasteiger partial charge in [-0.25, -0.2) is 0 Å². The number of hydrogen-bond acceptors (Lipinski definition) is 5. The van der Waals surface area contributed by atoms with Gasteiger partial charge in [-0.3, -0.25) is 9.80 Å². The molecule has 2 atom stereocenters. The van der Waals surface area contributed by atoms with E-state index in [1.54, 1.807) is 0 Å². The molecular formula is C14H25N3O2. The maximum Gasteiger partial charge on any atom is 0.122 e. The van der Waals surface area contributed by atoms with Crippen LogP contribution in [0.15, 0.2) is 16.5 Å². The molecule has 19 heavy (non-hydrogen) atoms. The van der Waals surface area contributed by atoms with Crippen LogP contribution in [0.5, 0.6) is 0 Å². The first-order valence-corrected chi connectivity index (χ1v) is 7.01. The third-order valence-corrected chi connectivity index (χ3v) is 3.77. The number of rotatable bonds is 5. The molecule has 3 N–H and O–H groups in total. The first-order chi connectivity index (χ1) is 9.11. The van der Waals surface area contributed by atoms with Crippen LogP contribution in [0, 0.1) is 6.92 Å². The lowest BCUT2D eigenvalue weighted by atomic mass is 10.1. The smallest absolute Gasteiger partial charge is 0.122 e. The Kier molecular flexibility index (Phi) is 4.99. The van der Waals surface area contributed by atoms with E-state index in [0.717, 1.165) is 44.2 Å². The Balaban J connectivity index is 2.01. The molecule has 0 radical (unpaired) electrons. The van der Waals surface area contributed by atoms with E-state index < -0.39 is 0 Å². The van der Waals surface area contributed by atoms with Gasteiger partial charge >= 0.3 is 0 Å². The van der Waals surface area contributed by atoms with Gasteiger partial charge in [-0.05, 0) is 26.0 Å². The molecule has 1 fully saturated rings. The minimum Gasteiger partial charge on any atom is -0.465 e. The van der Waals surface area contributed by atoms with Crippen LogP contribution in [-0.4, -0.2) is 60.3 Å². The number of piperazine rings is 1. The van der Waals surface area contributed by atoms with Crippen LogP contribution >= 0.6 is 0 Å². The zero-order valence-corrected chi connectivity index (χ0v) is 11.9. The van der Waals surface area contributed by atoms with Crippen molar-refractivity contribution in [2.45, 2.75) is 25.9 Å². The third kappa shape index (κ3) is 3.57. The molecular weight excluding hydrogens is 242 g/mol. The van der Waals surface area contributed by atoms with Crippen LogP contribution in [0.3, 0.4) is 0 Å². The lowest BCUT2D eigenvalue weighted by Crippen LogP contribution is -2.51. The van der Waals surface area contributed by atoms with Crippen molar-refractivity contribution < 1.29 is 9.52 Å². The Bertz CT molecular complexity index is 384. The van der Waals surface area contributed by atoms with Gasteiger partial charge in [0.2, 0.25) is 0 Å². The van der Waals surface area contributed by atoms with Gasteiger partial charge in [-0.1, -0.05) is 0 Å². The van der Waals surface area contributed by atoms with Crippen molar-refractivity contribution in [3.8, 4) is 0 Å². The van der Waals surface area contributed by atoms with Gasteiger partial charge in [-0.15, -0.1) is 0 Å². The van der Waals surface area contributed by atoms with E-state index in [-0.39, 0.29) is 18.7 Å². The monoisotopic (exact) mass is 267 g/mol. The molecule has 1 saturated heterocycles. The normalized spacial score (nSPS) is 21.5. The van der Waals surface area contributed by atoms with Crippen LogP contribution in [0.4, 0.5) is 0 Å². The number of aliphatic hydroxyl groups is 1. The second kappa shape index (κ2) is 6.52. The van der Waals surface area contributed by atoms with E-state index in [4.69, 9.17) is 15.3 Å². The summed E-state index contributed by atoms with van der Waals surface area (Å²) < 4.78 is 5.76. The number of aryl methyl sites for hydroxylation is 1. The van der Waals surface area contributed by atoms with E-state index in [9.17, 15) is 0 Å². The number of nitrogens with two attached hydrogens (primary N) is 1. The molecule has 1 aliphatic heterocycles. The van der Waals surface area contributed by atoms with Crippen molar-refractivity contribution in [1.29, 1.82) is 0 Å². The van der Waals surface area contributed by atoms with Crippen LogP contribution in [0.25, 0.3) is 0 Å². The zero-order chi connectivity index (χ0) is 13.8. The van der Waals surface area contributed by atoms with E-state index in [0.29, 0.717) is 0 Å². The predicted molar refractivity (Wildman–Crippen MR) is 74.9 cm³/mol. The fourth-order valence-corrected chi connectivity index (χ4v) is 2.79. The molecule has 0 bridgehead atoms. The zero-order valence-electron chi connectivity index (χ0n) is 11.9. The number of furan rings is 1. The van der Waals surface area contributed by atoms with E-state index in [1.807, 2.05) is 26.0 Å². The van der Waals surface area contributed by atoms with Gasteiger partial charge in [-0.2, -0.15) is 0 Å². The molecule has 2 heterocycles. The first-order valence-electron chi connectivity index (χ1n) is 7.01. The number of aliphatic hydroxyl groups excluding tert-OH is 1. The van der Waals surface area contributed by atoms with E-state index >= 15 is 0 Å². The molecule has 0 aliphatic carbocycles. The van der Waals surface area contributed by atoms with Gasteiger partial charge < -0.3 is 15.3 Å². The molecule has 1 aromatic heterocycles. The Morgan fingerprint density at radius 1 is 1.32 bits per heavy atom. The van der Waals surface area contributed by atoms with Crippen molar-refractivity contribution in [3.63, 3.8) is 0 Å². The average Bonchev–Trinajstić information content (AvgIpc) is 2.78. The highest BCUT2D eigenvalue weighted by atomic mass is 16.3. The number of hydrogen-bond donors (Lipinski definition) is 2. The minimum atomic E-state index is 0.0370. The quantitative estimate of drug-likeness (QED) is 0.817. The topological polar surface area (TPSA) is 65.9 Å². The predicted octanol–water partition coefficient (Wildman–Crippen LogP) is 0.586. The van der Waals surface area contributed by atoms with Crippen LogP contribution in [-0.2, 0) is 0 Å². The fraction of sp³-hybridized carbons (Fsp3) is 0.714. The lowest BCUT2D eigenvalue weighted by Gasteiger charge is -2.39. The molecule has 108 valence electrons. The highest BCUT2D eigenvalue weighted by Gasteiger charge is 2.29. The fourth-order valence-electron chi connectivity index (χ4n) is 2.79. The maximum absolute atomic E-state index is 8.97. The Labute approximate surface area is 115 Å². The molecule has 0 saturated carbocycles. The SMILES string of the molecule is Cc1ccc(C(C(C)N)N2CCN(CCO)CC2)o1. The molecule has 0 aromatic carbocycles. The molecule has 1 aromatic rings. The Morgan fingerprint density at radius 3 is 2.47 bits per heavy atom. The molecule has 2 rings (SSSR count). The van der Waals surface area contributed by atoms with Gasteiger partial charge in [0.05, 0.1) is 12.6 Å². The van der Waals surface area contributed by atoms with Crippen molar-refractivity contribution in [1.82, 2.24) is 9.80 Å². The summed E-state index contributed by atoms with van der Waals surface area (Å²) in [5.41, 5.74) is 6.15. The summed E-state index contributed by atoms with van der Waals surface area (Å²) in [5.74, 6) is 1.89. The summed E-state index contributed by atoms with van der Waals surface area (Å²) in [5, 5.41) is 8.97. The summed E-state index contributed by atoms with van der Waals surface area (Å²) in [6, 6.07) is 4.20. The molecule has 2 unspecified atom stereocenters. The molecule has 0 spiro atoms. The van der Waals surface area contributed by atoms with Gasteiger partial charge in [0.1, 0.15) is 11.5 Å². The summed E-state index contributed by atoms with van der Waals surface area (Å²) >= 11 is 0. The summed E-state index contributed by atoms with van der Waals surface area (Å²) in [6.45, 7) is 8.86. The molecule has 5 nitrogen and oxygen atoms in total. The summed E-state index contributed by atoms with van der Waals surface area (Å²) in [6.07, 6.45) is 0. The summed E-state index contributed by atoms with van der Waals surface area (Å²) in [4.78, 5) is 4.67. The van der Waals surface area contributed by atoms with Crippen molar-refractivity contribution in [3.05, 3.63) is 23.7 Å². The van der Waals surface area contributed by atoms with E-state index in [2.05, 4.69) is 9.80 Å². The Hall–Kier alpha value is -0.880. The van der Waals surface area contributed by atoms with Gasteiger partial charge in [0.15, 0.2) is 0 Å². The van der Waals surface area contributed by atoms with Gasteiger partial charge in [0, 0.05) is 38.8 Å². The van der Waals surface area contributed by atoms with Crippen molar-refractivity contribution >= 4 is 0 Å². The highest BCUT2D eigenvalue weighted by molar-refractivity contribution is 5.12. The van der Waals surface area contributed by atoms with Crippen LogP contribution < -0.4 is 5.73 Å². The summed E-state index contributed by atoms with van der Waals surface area (Å²) in [7, 11) is 0. The third-order valence-electron chi connectivity index (χ3n) is 3.77. The van der Waals surface area contributed by atoms with Gasteiger partial charge in [0.25, 0.3) is 0 Å². The van der Waals surface area contributed by atoms with Crippen LogP contribution in [0.2, 0.25) is 0 Å². The lowest BCUT2D eigenvalue weighted by molar-refractivity contribution is 0.0675. The van der Waals surface area contributed by atoms with E-state index in [1.165, 1.54) is 0 Å². The van der Waals surface area contributed by atoms with Crippen molar-refractivity contribution in [2.24, 2.45) is 5.73 Å². The van der Waals surface area contributed by atoms with Crippen molar-refractivity contribution in [2.75, 3.05) is 39.3 Å². The van der Waals surface area contributed by atoms with Crippen LogP contribution in [0.1, 0.15) is 24.5 Å². The molecule has 0 amide bonds.